The Kier molecular flexibility index (Phi) is 5.61. The third-order valence-electron chi connectivity index (χ3n) is 2.90. The van der Waals surface area contributed by atoms with Crippen LogP contribution in [0.25, 0.3) is 10.1 Å². The molecule has 4 nitrogen and oxygen atoms in total. The van der Waals surface area contributed by atoms with Crippen molar-refractivity contribution in [3.63, 3.8) is 0 Å². The van der Waals surface area contributed by atoms with Gasteiger partial charge >= 0.3 is 0 Å². The number of hydrogen-bond donors (Lipinski definition) is 3. The van der Waals surface area contributed by atoms with E-state index in [4.69, 9.17) is 6.42 Å². The van der Waals surface area contributed by atoms with Gasteiger partial charge in [0.1, 0.15) is 6.10 Å². The Balaban J connectivity index is 2.05. The van der Waals surface area contributed by atoms with Crippen molar-refractivity contribution in [2.24, 2.45) is 4.99 Å². The molecule has 0 fully saturated rings. The smallest absolute Gasteiger partial charge is 0.192 e. The molecule has 0 bridgehead atoms. The first-order valence-corrected chi connectivity index (χ1v) is 7.68. The lowest BCUT2D eigenvalue weighted by Gasteiger charge is -2.10. The number of aliphatic hydroxyl groups is 1. The molecule has 0 aliphatic rings. The van der Waals surface area contributed by atoms with Crippen LogP contribution in [0.5, 0.6) is 0 Å². The van der Waals surface area contributed by atoms with Gasteiger partial charge in [-0.1, -0.05) is 24.1 Å². The van der Waals surface area contributed by atoms with Crippen LogP contribution in [0.3, 0.4) is 0 Å². The van der Waals surface area contributed by atoms with E-state index in [1.807, 2.05) is 31.2 Å². The van der Waals surface area contributed by atoms with Crippen LogP contribution in [0.15, 0.2) is 35.3 Å². The number of rotatable bonds is 5. The van der Waals surface area contributed by atoms with Crippen LogP contribution in [0.2, 0.25) is 0 Å². The monoisotopic (exact) mass is 301 g/mol. The normalized spacial score (nSPS) is 12.9. The molecule has 5 heteroatoms. The number of aliphatic hydroxyl groups excluding tert-OH is 1. The maximum absolute atomic E-state index is 10.3. The average molecular weight is 301 g/mol. The number of guanidine groups is 1. The van der Waals surface area contributed by atoms with Gasteiger partial charge in [-0.05, 0) is 24.4 Å². The van der Waals surface area contributed by atoms with E-state index < -0.39 is 6.10 Å². The number of nitrogens with one attached hydrogen (secondary N) is 2. The summed E-state index contributed by atoms with van der Waals surface area (Å²) < 4.78 is 1.17. The van der Waals surface area contributed by atoms with E-state index >= 15 is 0 Å². The number of thiophene rings is 1. The van der Waals surface area contributed by atoms with Gasteiger partial charge < -0.3 is 15.7 Å². The first-order chi connectivity index (χ1) is 10.2. The molecular formula is C16H19N3OS. The summed E-state index contributed by atoms with van der Waals surface area (Å²) in [6, 6.07) is 10.1. The van der Waals surface area contributed by atoms with Crippen molar-refractivity contribution in [2.45, 2.75) is 13.0 Å². The van der Waals surface area contributed by atoms with Crippen LogP contribution >= 0.6 is 11.3 Å². The van der Waals surface area contributed by atoms with Gasteiger partial charge in [0.05, 0.1) is 13.1 Å². The zero-order valence-corrected chi connectivity index (χ0v) is 12.8. The first kappa shape index (κ1) is 15.4. The quantitative estimate of drug-likeness (QED) is 0.450. The van der Waals surface area contributed by atoms with Crippen LogP contribution in [-0.4, -0.2) is 30.7 Å². The van der Waals surface area contributed by atoms with Crippen molar-refractivity contribution in [3.05, 3.63) is 35.2 Å². The Morgan fingerprint density at radius 2 is 2.24 bits per heavy atom. The van der Waals surface area contributed by atoms with Gasteiger partial charge in [0.15, 0.2) is 5.96 Å². The van der Waals surface area contributed by atoms with Crippen molar-refractivity contribution in [1.82, 2.24) is 10.6 Å². The molecule has 0 saturated carbocycles. The number of aliphatic imine (C=N–C) groups is 1. The lowest BCUT2D eigenvalue weighted by atomic mass is 10.2. The highest BCUT2D eigenvalue weighted by atomic mass is 32.1. The lowest BCUT2D eigenvalue weighted by molar-refractivity contribution is 0.191. The Hall–Kier alpha value is -2.03. The van der Waals surface area contributed by atoms with Crippen molar-refractivity contribution in [1.29, 1.82) is 0 Å². The van der Waals surface area contributed by atoms with Crippen LogP contribution < -0.4 is 10.6 Å². The van der Waals surface area contributed by atoms with Gasteiger partial charge in [-0.2, -0.15) is 0 Å². The molecule has 21 heavy (non-hydrogen) atoms. The highest BCUT2D eigenvalue weighted by Crippen LogP contribution is 2.29. The van der Waals surface area contributed by atoms with Gasteiger partial charge in [-0.25, -0.2) is 0 Å². The molecule has 1 heterocycles. The van der Waals surface area contributed by atoms with Gasteiger partial charge in [-0.15, -0.1) is 17.8 Å². The molecule has 1 atom stereocenters. The van der Waals surface area contributed by atoms with E-state index in [-0.39, 0.29) is 0 Å². The molecule has 2 rings (SSSR count). The summed E-state index contributed by atoms with van der Waals surface area (Å²) in [4.78, 5) is 5.28. The molecule has 0 amide bonds. The topological polar surface area (TPSA) is 56.7 Å². The summed E-state index contributed by atoms with van der Waals surface area (Å²) >= 11 is 1.60. The lowest BCUT2D eigenvalue weighted by Crippen LogP contribution is -2.37. The molecule has 2 aromatic rings. The van der Waals surface area contributed by atoms with Crippen molar-refractivity contribution < 1.29 is 5.11 Å². The Morgan fingerprint density at radius 3 is 2.95 bits per heavy atom. The molecule has 0 radical (unpaired) electrons. The fraction of sp³-hybridized carbons (Fsp3) is 0.312. The zero-order valence-electron chi connectivity index (χ0n) is 12.0. The van der Waals surface area contributed by atoms with Gasteiger partial charge in [0, 0.05) is 16.1 Å². The minimum absolute atomic E-state index is 0.298. The number of nitrogens with zero attached hydrogens (tertiary/aromatic N) is 1. The molecule has 0 aliphatic heterocycles. The predicted molar refractivity (Wildman–Crippen MR) is 89.6 cm³/mol. The fourth-order valence-corrected chi connectivity index (χ4v) is 2.95. The average Bonchev–Trinajstić information content (AvgIpc) is 2.93. The minimum atomic E-state index is -0.608. The highest BCUT2D eigenvalue weighted by Gasteiger charge is 2.11. The van der Waals surface area contributed by atoms with E-state index in [0.29, 0.717) is 19.0 Å². The minimum Gasteiger partial charge on any atom is -0.386 e. The zero-order chi connectivity index (χ0) is 15.1. The third kappa shape index (κ3) is 4.22. The maximum atomic E-state index is 10.3. The Labute approximate surface area is 128 Å². The van der Waals surface area contributed by atoms with Gasteiger partial charge in [0.2, 0.25) is 0 Å². The predicted octanol–water partition coefficient (Wildman–Crippen LogP) is 2.12. The highest BCUT2D eigenvalue weighted by molar-refractivity contribution is 7.19. The van der Waals surface area contributed by atoms with Crippen molar-refractivity contribution in [2.75, 3.05) is 19.6 Å². The summed E-state index contributed by atoms with van der Waals surface area (Å²) in [5.74, 6) is 3.12. The SMILES string of the molecule is C#CCNC(=NCC(O)c1cc2ccccc2s1)NCC. The van der Waals surface area contributed by atoms with E-state index in [2.05, 4.69) is 27.6 Å². The molecule has 1 aromatic heterocycles. The molecule has 0 spiro atoms. The number of fused-ring (bicyclic) bond motifs is 1. The summed E-state index contributed by atoms with van der Waals surface area (Å²) in [5, 5.41) is 17.5. The number of hydrogen-bond acceptors (Lipinski definition) is 3. The van der Waals surface area contributed by atoms with Gasteiger partial charge in [0.25, 0.3) is 0 Å². The Morgan fingerprint density at radius 1 is 1.43 bits per heavy atom. The van der Waals surface area contributed by atoms with Gasteiger partial charge in [-0.3, -0.25) is 4.99 Å². The van der Waals surface area contributed by atoms with E-state index in [0.717, 1.165) is 16.8 Å². The Bertz CT molecular complexity index is 624. The molecule has 1 aromatic carbocycles. The van der Waals surface area contributed by atoms with Crippen LogP contribution in [0.1, 0.15) is 17.9 Å². The molecule has 0 saturated heterocycles. The molecule has 0 aliphatic carbocycles. The van der Waals surface area contributed by atoms with Crippen LogP contribution in [-0.2, 0) is 0 Å². The van der Waals surface area contributed by atoms with E-state index in [1.54, 1.807) is 11.3 Å². The third-order valence-corrected chi connectivity index (χ3v) is 4.11. The fourth-order valence-electron chi connectivity index (χ4n) is 1.91. The van der Waals surface area contributed by atoms with Crippen LogP contribution in [0, 0.1) is 12.3 Å². The summed E-state index contributed by atoms with van der Waals surface area (Å²) in [5.41, 5.74) is 0. The summed E-state index contributed by atoms with van der Waals surface area (Å²) in [6.45, 7) is 3.43. The standard InChI is InChI=1S/C16H19N3OS/c1-3-9-18-16(17-4-2)19-11-13(20)15-10-12-7-5-6-8-14(12)21-15/h1,5-8,10,13,20H,4,9,11H2,2H3,(H2,17,18,19). The largest absolute Gasteiger partial charge is 0.386 e. The molecule has 1 unspecified atom stereocenters. The second kappa shape index (κ2) is 7.67. The summed E-state index contributed by atoms with van der Waals surface area (Å²) in [7, 11) is 0. The van der Waals surface area contributed by atoms with E-state index in [9.17, 15) is 5.11 Å². The van der Waals surface area contributed by atoms with Crippen molar-refractivity contribution >= 4 is 27.4 Å². The number of terminal acetylenes is 1. The second-order valence-corrected chi connectivity index (χ2v) is 5.60. The molecule has 110 valence electrons. The van der Waals surface area contributed by atoms with E-state index in [1.165, 1.54) is 4.70 Å². The van der Waals surface area contributed by atoms with Crippen LogP contribution in [0.4, 0.5) is 0 Å². The second-order valence-electron chi connectivity index (χ2n) is 4.48. The molecule has 3 N–H and O–H groups in total. The maximum Gasteiger partial charge on any atom is 0.192 e. The summed E-state index contributed by atoms with van der Waals surface area (Å²) in [6.07, 6.45) is 4.61. The molecular weight excluding hydrogens is 282 g/mol. The van der Waals surface area contributed by atoms with Crippen molar-refractivity contribution in [3.8, 4) is 12.3 Å². The first-order valence-electron chi connectivity index (χ1n) is 6.86. The number of benzene rings is 1.